The first-order valence-corrected chi connectivity index (χ1v) is 9.05. The van der Waals surface area contributed by atoms with Gasteiger partial charge in [0.25, 0.3) is 5.91 Å². The largest absolute Gasteiger partial charge is 0.456 e. The van der Waals surface area contributed by atoms with Crippen LogP contribution in [-0.2, 0) is 14.3 Å². The molecule has 0 saturated carbocycles. The molecule has 0 heterocycles. The highest BCUT2D eigenvalue weighted by Gasteiger charge is 2.21. The van der Waals surface area contributed by atoms with E-state index in [0.717, 1.165) is 5.56 Å². The lowest BCUT2D eigenvalue weighted by molar-refractivity contribution is -0.149. The number of nitrogens with two attached hydrogens (primary N) is 1. The fourth-order valence-electron chi connectivity index (χ4n) is 2.65. The summed E-state index contributed by atoms with van der Waals surface area (Å²) in [6.45, 7) is 1.40. The van der Waals surface area contributed by atoms with E-state index < -0.39 is 30.6 Å². The van der Waals surface area contributed by atoms with Crippen molar-refractivity contribution in [3.8, 4) is 0 Å². The monoisotopic (exact) mass is 403 g/mol. The Labute approximate surface area is 168 Å². The number of amides is 3. The molecular formula is C20H22ClN3O4. The maximum atomic E-state index is 12.1. The second-order valence-electron chi connectivity index (χ2n) is 6.15. The van der Waals surface area contributed by atoms with Crippen LogP contribution in [0.25, 0.3) is 0 Å². The van der Waals surface area contributed by atoms with Gasteiger partial charge >= 0.3 is 12.0 Å². The van der Waals surface area contributed by atoms with Crippen molar-refractivity contribution in [3.05, 3.63) is 70.7 Å². The molecule has 2 aromatic carbocycles. The Hall–Kier alpha value is -3.06. The standard InChI is InChI=1S/C20H22ClN3O4/c1-13(14-7-3-2-4-8-14)23-18(25)12-28-19(26)11-17(24-20(22)27)15-9-5-6-10-16(15)21/h2-10,13,17H,11-12H2,1H3,(H,23,25)(H3,22,24,27)/t13-,17+/m0/s1. The third-order valence-electron chi connectivity index (χ3n) is 4.01. The molecule has 0 unspecified atom stereocenters. The molecular weight excluding hydrogens is 382 g/mol. The summed E-state index contributed by atoms with van der Waals surface area (Å²) in [7, 11) is 0. The van der Waals surface area contributed by atoms with Gasteiger partial charge in [0.15, 0.2) is 6.61 Å². The van der Waals surface area contributed by atoms with Gasteiger partial charge in [0, 0.05) is 5.02 Å². The normalized spacial score (nSPS) is 12.5. The highest BCUT2D eigenvalue weighted by atomic mass is 35.5. The molecule has 0 radical (unpaired) electrons. The summed E-state index contributed by atoms with van der Waals surface area (Å²) in [4.78, 5) is 35.4. The third kappa shape index (κ3) is 6.59. The lowest BCUT2D eigenvalue weighted by Gasteiger charge is -2.19. The van der Waals surface area contributed by atoms with Crippen molar-refractivity contribution in [2.45, 2.75) is 25.4 Å². The Bertz CT molecular complexity index is 829. The smallest absolute Gasteiger partial charge is 0.312 e. The number of benzene rings is 2. The molecule has 148 valence electrons. The first-order valence-electron chi connectivity index (χ1n) is 8.67. The van der Waals surface area contributed by atoms with E-state index in [-0.39, 0.29) is 12.5 Å². The summed E-state index contributed by atoms with van der Waals surface area (Å²) in [5.74, 6) is -1.09. The molecule has 0 aliphatic carbocycles. The van der Waals surface area contributed by atoms with Crippen LogP contribution in [0.3, 0.4) is 0 Å². The van der Waals surface area contributed by atoms with Crippen molar-refractivity contribution in [3.63, 3.8) is 0 Å². The topological polar surface area (TPSA) is 111 Å². The van der Waals surface area contributed by atoms with Crippen molar-refractivity contribution in [2.75, 3.05) is 6.61 Å². The number of hydrogen-bond acceptors (Lipinski definition) is 4. The molecule has 28 heavy (non-hydrogen) atoms. The van der Waals surface area contributed by atoms with Gasteiger partial charge in [0.05, 0.1) is 18.5 Å². The molecule has 0 aliphatic heterocycles. The second-order valence-corrected chi connectivity index (χ2v) is 6.55. The Morgan fingerprint density at radius 1 is 1.04 bits per heavy atom. The highest BCUT2D eigenvalue weighted by Crippen LogP contribution is 2.25. The highest BCUT2D eigenvalue weighted by molar-refractivity contribution is 6.31. The molecule has 2 rings (SSSR count). The van der Waals surface area contributed by atoms with Gasteiger partial charge in [-0.25, -0.2) is 4.79 Å². The second kappa shape index (κ2) is 10.3. The average molecular weight is 404 g/mol. The number of halogens is 1. The summed E-state index contributed by atoms with van der Waals surface area (Å²) >= 11 is 6.12. The van der Waals surface area contributed by atoms with Crippen LogP contribution in [0.5, 0.6) is 0 Å². The van der Waals surface area contributed by atoms with Gasteiger partial charge in [-0.1, -0.05) is 60.1 Å². The van der Waals surface area contributed by atoms with Crippen LogP contribution in [-0.4, -0.2) is 24.5 Å². The molecule has 2 aromatic rings. The number of hydrogen-bond donors (Lipinski definition) is 3. The number of carbonyl (C=O) groups is 3. The number of ether oxygens (including phenoxy) is 1. The minimum atomic E-state index is -0.799. The quantitative estimate of drug-likeness (QED) is 0.588. The SMILES string of the molecule is C[C@H](NC(=O)COC(=O)C[C@@H](NC(N)=O)c1ccccc1Cl)c1ccccc1. The van der Waals surface area contributed by atoms with Crippen LogP contribution in [0.15, 0.2) is 54.6 Å². The van der Waals surface area contributed by atoms with Crippen LogP contribution in [0.2, 0.25) is 5.02 Å². The molecule has 0 spiro atoms. The number of carbonyl (C=O) groups excluding carboxylic acids is 3. The molecule has 0 fully saturated rings. The van der Waals surface area contributed by atoms with E-state index in [1.54, 1.807) is 24.3 Å². The Balaban J connectivity index is 1.89. The van der Waals surface area contributed by atoms with E-state index in [2.05, 4.69) is 10.6 Å². The molecule has 0 aliphatic rings. The Kier molecular flexibility index (Phi) is 7.83. The van der Waals surface area contributed by atoms with Crippen LogP contribution in [0.1, 0.15) is 36.6 Å². The lowest BCUT2D eigenvalue weighted by atomic mass is 10.0. The van der Waals surface area contributed by atoms with E-state index in [4.69, 9.17) is 22.1 Å². The summed E-state index contributed by atoms with van der Waals surface area (Å²) in [6, 6.07) is 14.4. The minimum Gasteiger partial charge on any atom is -0.456 e. The maximum Gasteiger partial charge on any atom is 0.312 e. The van der Waals surface area contributed by atoms with Crippen molar-refractivity contribution in [1.82, 2.24) is 10.6 Å². The first-order chi connectivity index (χ1) is 13.4. The first kappa shape index (κ1) is 21.2. The summed E-state index contributed by atoms with van der Waals surface area (Å²) in [6.07, 6.45) is -0.214. The van der Waals surface area contributed by atoms with Crippen molar-refractivity contribution >= 4 is 29.5 Å². The number of nitrogens with one attached hydrogen (secondary N) is 2. The van der Waals surface area contributed by atoms with E-state index in [1.807, 2.05) is 37.3 Å². The zero-order valence-corrected chi connectivity index (χ0v) is 16.1. The van der Waals surface area contributed by atoms with Crippen LogP contribution >= 0.6 is 11.6 Å². The van der Waals surface area contributed by atoms with Crippen molar-refractivity contribution in [1.29, 1.82) is 0 Å². The fourth-order valence-corrected chi connectivity index (χ4v) is 2.92. The van der Waals surface area contributed by atoms with Gasteiger partial charge in [-0.3, -0.25) is 9.59 Å². The minimum absolute atomic E-state index is 0.214. The maximum absolute atomic E-state index is 12.1. The summed E-state index contributed by atoms with van der Waals surface area (Å²) in [5.41, 5.74) is 6.65. The predicted molar refractivity (Wildman–Crippen MR) is 105 cm³/mol. The van der Waals surface area contributed by atoms with Gasteiger partial charge in [0.1, 0.15) is 0 Å². The molecule has 8 heteroatoms. The summed E-state index contributed by atoms with van der Waals surface area (Å²) in [5, 5.41) is 5.59. The number of urea groups is 1. The molecule has 0 aromatic heterocycles. The molecule has 3 amide bonds. The Morgan fingerprint density at radius 3 is 2.32 bits per heavy atom. The Morgan fingerprint density at radius 2 is 1.68 bits per heavy atom. The van der Waals surface area contributed by atoms with Crippen LogP contribution < -0.4 is 16.4 Å². The van der Waals surface area contributed by atoms with Gasteiger partial charge in [0.2, 0.25) is 0 Å². The number of rotatable bonds is 8. The van der Waals surface area contributed by atoms with E-state index in [9.17, 15) is 14.4 Å². The van der Waals surface area contributed by atoms with Crippen molar-refractivity contribution in [2.24, 2.45) is 5.73 Å². The number of esters is 1. The van der Waals surface area contributed by atoms with E-state index in [0.29, 0.717) is 10.6 Å². The summed E-state index contributed by atoms with van der Waals surface area (Å²) < 4.78 is 5.03. The third-order valence-corrected chi connectivity index (χ3v) is 4.35. The van der Waals surface area contributed by atoms with Crippen LogP contribution in [0, 0.1) is 0 Å². The zero-order valence-electron chi connectivity index (χ0n) is 15.4. The number of primary amides is 1. The average Bonchev–Trinajstić information content (AvgIpc) is 2.66. The molecule has 0 saturated heterocycles. The molecule has 7 nitrogen and oxygen atoms in total. The zero-order chi connectivity index (χ0) is 20.5. The van der Waals surface area contributed by atoms with Crippen LogP contribution in [0.4, 0.5) is 4.79 Å². The molecule has 2 atom stereocenters. The van der Waals surface area contributed by atoms with E-state index >= 15 is 0 Å². The lowest BCUT2D eigenvalue weighted by Crippen LogP contribution is -2.35. The van der Waals surface area contributed by atoms with Gasteiger partial charge in [-0.15, -0.1) is 0 Å². The molecule has 0 bridgehead atoms. The fraction of sp³-hybridized carbons (Fsp3) is 0.250. The van der Waals surface area contributed by atoms with Gasteiger partial charge in [-0.2, -0.15) is 0 Å². The van der Waals surface area contributed by atoms with Gasteiger partial charge in [-0.05, 0) is 24.1 Å². The predicted octanol–water partition coefficient (Wildman–Crippen LogP) is 2.86. The van der Waals surface area contributed by atoms with Crippen molar-refractivity contribution < 1.29 is 19.1 Å². The molecule has 4 N–H and O–H groups in total. The van der Waals surface area contributed by atoms with E-state index in [1.165, 1.54) is 0 Å². The van der Waals surface area contributed by atoms with Gasteiger partial charge < -0.3 is 21.1 Å².